The SMILES string of the molecule is Cc1ccc(C)c(Sc2ccc(NC(=O)CN3C(=O)C4C5C=CC(C5)C4C3=O)cc2)c1. The quantitative estimate of drug-likeness (QED) is 0.568. The summed E-state index contributed by atoms with van der Waals surface area (Å²) in [6.07, 6.45) is 5.00. The van der Waals surface area contributed by atoms with Crippen molar-refractivity contribution in [1.82, 2.24) is 4.90 Å². The number of allylic oxidation sites excluding steroid dienone is 2. The third-order valence-electron chi connectivity index (χ3n) is 6.57. The summed E-state index contributed by atoms with van der Waals surface area (Å²) in [6.45, 7) is 3.95. The Morgan fingerprint density at radius 2 is 1.65 bits per heavy atom. The van der Waals surface area contributed by atoms with E-state index in [1.165, 1.54) is 16.0 Å². The van der Waals surface area contributed by atoms with Crippen LogP contribution in [0.2, 0.25) is 0 Å². The summed E-state index contributed by atoms with van der Waals surface area (Å²) in [7, 11) is 0. The first-order chi connectivity index (χ1) is 14.9. The zero-order valence-corrected chi connectivity index (χ0v) is 18.3. The van der Waals surface area contributed by atoms with Gasteiger partial charge in [0.05, 0.1) is 11.8 Å². The average molecular weight is 433 g/mol. The van der Waals surface area contributed by atoms with Crippen molar-refractivity contribution in [1.29, 1.82) is 0 Å². The van der Waals surface area contributed by atoms with Crippen LogP contribution in [0.1, 0.15) is 17.5 Å². The molecule has 5 rings (SSSR count). The fraction of sp³-hybridized carbons (Fsp3) is 0.320. The third-order valence-corrected chi connectivity index (χ3v) is 7.74. The van der Waals surface area contributed by atoms with Gasteiger partial charge in [-0.1, -0.05) is 36.0 Å². The Balaban J connectivity index is 1.21. The second kappa shape index (κ2) is 7.68. The minimum Gasteiger partial charge on any atom is -0.325 e. The van der Waals surface area contributed by atoms with Gasteiger partial charge in [-0.2, -0.15) is 0 Å². The second-order valence-electron chi connectivity index (χ2n) is 8.71. The third kappa shape index (κ3) is 3.59. The number of hydrogen-bond donors (Lipinski definition) is 1. The van der Waals surface area contributed by atoms with Crippen molar-refractivity contribution >= 4 is 35.2 Å². The number of carbonyl (C=O) groups excluding carboxylic acids is 3. The van der Waals surface area contributed by atoms with Gasteiger partial charge in [0.25, 0.3) is 0 Å². The first-order valence-corrected chi connectivity index (χ1v) is 11.4. The Labute approximate surface area is 185 Å². The van der Waals surface area contributed by atoms with Gasteiger partial charge in [0, 0.05) is 15.5 Å². The summed E-state index contributed by atoms with van der Waals surface area (Å²) in [5.41, 5.74) is 3.09. The van der Waals surface area contributed by atoms with Crippen molar-refractivity contribution in [3.63, 3.8) is 0 Å². The van der Waals surface area contributed by atoms with Crippen molar-refractivity contribution in [2.24, 2.45) is 23.7 Å². The minimum atomic E-state index is -0.350. The Morgan fingerprint density at radius 3 is 2.29 bits per heavy atom. The van der Waals surface area contributed by atoms with Crippen molar-refractivity contribution in [3.05, 3.63) is 65.7 Å². The molecule has 158 valence electrons. The second-order valence-corrected chi connectivity index (χ2v) is 9.82. The summed E-state index contributed by atoms with van der Waals surface area (Å²) < 4.78 is 0. The first-order valence-electron chi connectivity index (χ1n) is 10.6. The van der Waals surface area contributed by atoms with Crippen molar-refractivity contribution < 1.29 is 14.4 Å². The van der Waals surface area contributed by atoms with Gasteiger partial charge in [0.1, 0.15) is 6.54 Å². The molecular formula is C25H24N2O3S. The lowest BCUT2D eigenvalue weighted by Gasteiger charge is -2.17. The summed E-state index contributed by atoms with van der Waals surface area (Å²) in [5, 5.41) is 2.82. The summed E-state index contributed by atoms with van der Waals surface area (Å²) in [4.78, 5) is 41.4. The molecule has 4 unspecified atom stereocenters. The predicted octanol–water partition coefficient (Wildman–Crippen LogP) is 4.20. The van der Waals surface area contributed by atoms with E-state index >= 15 is 0 Å². The molecule has 0 aromatic heterocycles. The molecule has 1 aliphatic heterocycles. The zero-order valence-electron chi connectivity index (χ0n) is 17.5. The maximum absolute atomic E-state index is 12.7. The lowest BCUT2D eigenvalue weighted by Crippen LogP contribution is -2.39. The maximum Gasteiger partial charge on any atom is 0.244 e. The van der Waals surface area contributed by atoms with E-state index in [1.54, 1.807) is 11.8 Å². The number of hydrogen-bond acceptors (Lipinski definition) is 4. The van der Waals surface area contributed by atoms with Gasteiger partial charge >= 0.3 is 0 Å². The van der Waals surface area contributed by atoms with Crippen molar-refractivity contribution in [3.8, 4) is 0 Å². The van der Waals surface area contributed by atoms with E-state index in [0.717, 1.165) is 16.2 Å². The van der Waals surface area contributed by atoms with Gasteiger partial charge in [0.2, 0.25) is 17.7 Å². The summed E-state index contributed by atoms with van der Waals surface area (Å²) in [5.74, 6) is -0.960. The van der Waals surface area contributed by atoms with Crippen LogP contribution in [0.3, 0.4) is 0 Å². The molecule has 1 saturated carbocycles. The average Bonchev–Trinajstić information content (AvgIpc) is 3.42. The fourth-order valence-electron chi connectivity index (χ4n) is 5.01. The van der Waals surface area contributed by atoms with E-state index in [9.17, 15) is 14.4 Å². The highest BCUT2D eigenvalue weighted by Gasteiger charge is 2.59. The molecule has 2 aliphatic carbocycles. The van der Waals surface area contributed by atoms with E-state index in [1.807, 2.05) is 24.3 Å². The van der Waals surface area contributed by atoms with Crippen molar-refractivity contribution in [2.75, 3.05) is 11.9 Å². The number of fused-ring (bicyclic) bond motifs is 5. The molecule has 1 N–H and O–H groups in total. The summed E-state index contributed by atoms with van der Waals surface area (Å²) >= 11 is 1.68. The topological polar surface area (TPSA) is 66.5 Å². The van der Waals surface area contributed by atoms with Crippen LogP contribution in [0.4, 0.5) is 5.69 Å². The van der Waals surface area contributed by atoms with Gasteiger partial charge in [0.15, 0.2) is 0 Å². The fourth-order valence-corrected chi connectivity index (χ4v) is 6.01. The lowest BCUT2D eigenvalue weighted by atomic mass is 9.85. The molecule has 2 aromatic carbocycles. The highest BCUT2D eigenvalue weighted by molar-refractivity contribution is 7.99. The highest BCUT2D eigenvalue weighted by atomic mass is 32.2. The number of likely N-dealkylation sites (tertiary alicyclic amines) is 1. The number of anilines is 1. The Kier molecular flexibility index (Phi) is 4.97. The number of benzene rings is 2. The Bertz CT molecular complexity index is 1080. The smallest absolute Gasteiger partial charge is 0.244 e. The van der Waals surface area contributed by atoms with E-state index in [4.69, 9.17) is 0 Å². The van der Waals surface area contributed by atoms with Crippen LogP contribution in [0.15, 0.2) is 64.4 Å². The van der Waals surface area contributed by atoms with Gasteiger partial charge in [-0.05, 0) is 73.6 Å². The van der Waals surface area contributed by atoms with Crippen LogP contribution in [0.5, 0.6) is 0 Å². The monoisotopic (exact) mass is 432 g/mol. The van der Waals surface area contributed by atoms with Gasteiger partial charge in [-0.3, -0.25) is 19.3 Å². The normalized spacial score (nSPS) is 25.9. The molecule has 2 aromatic rings. The van der Waals surface area contributed by atoms with Gasteiger partial charge < -0.3 is 5.32 Å². The minimum absolute atomic E-state index is 0.154. The molecule has 3 amide bonds. The standard InChI is InChI=1S/C25H24N2O3S/c1-14-3-4-15(2)20(11-14)31-19-9-7-18(8-10-19)26-21(28)13-27-24(29)22-16-5-6-17(12-16)23(22)25(27)30/h3-11,16-17,22-23H,12-13H2,1-2H3,(H,26,28). The summed E-state index contributed by atoms with van der Waals surface area (Å²) in [6, 6.07) is 14.0. The molecule has 2 fully saturated rings. The van der Waals surface area contributed by atoms with Gasteiger partial charge in [-0.25, -0.2) is 0 Å². The molecule has 3 aliphatic rings. The van der Waals surface area contributed by atoms with Crippen molar-refractivity contribution in [2.45, 2.75) is 30.1 Å². The molecule has 0 spiro atoms. The van der Waals surface area contributed by atoms with Crippen LogP contribution in [-0.2, 0) is 14.4 Å². The van der Waals surface area contributed by atoms with Crippen LogP contribution in [0, 0.1) is 37.5 Å². The van der Waals surface area contributed by atoms with Crippen LogP contribution in [0.25, 0.3) is 0 Å². The first kappa shape index (κ1) is 20.1. The predicted molar refractivity (Wildman–Crippen MR) is 120 cm³/mol. The molecule has 1 saturated heterocycles. The number of nitrogens with one attached hydrogen (secondary N) is 1. The molecule has 31 heavy (non-hydrogen) atoms. The number of amides is 3. The van der Waals surface area contributed by atoms with E-state index in [2.05, 4.69) is 49.5 Å². The molecule has 2 bridgehead atoms. The highest BCUT2D eigenvalue weighted by Crippen LogP contribution is 2.52. The molecule has 0 radical (unpaired) electrons. The van der Waals surface area contributed by atoms with Crippen LogP contribution >= 0.6 is 11.8 Å². The number of aryl methyl sites for hydroxylation is 2. The Morgan fingerprint density at radius 1 is 1.00 bits per heavy atom. The van der Waals surface area contributed by atoms with Gasteiger partial charge in [-0.15, -0.1) is 0 Å². The van der Waals surface area contributed by atoms with E-state index < -0.39 is 0 Å². The van der Waals surface area contributed by atoms with Crippen LogP contribution in [-0.4, -0.2) is 29.2 Å². The van der Waals surface area contributed by atoms with Crippen LogP contribution < -0.4 is 5.32 Å². The lowest BCUT2D eigenvalue weighted by molar-refractivity contribution is -0.143. The number of rotatable bonds is 5. The number of nitrogens with zero attached hydrogens (tertiary/aromatic N) is 1. The molecular weight excluding hydrogens is 408 g/mol. The molecule has 5 nitrogen and oxygen atoms in total. The molecule has 4 atom stereocenters. The largest absolute Gasteiger partial charge is 0.325 e. The number of imide groups is 1. The zero-order chi connectivity index (χ0) is 21.7. The Hall–Kier alpha value is -2.86. The van der Waals surface area contributed by atoms with E-state index in [0.29, 0.717) is 5.69 Å². The number of carbonyl (C=O) groups is 3. The molecule has 1 heterocycles. The molecule has 6 heteroatoms. The maximum atomic E-state index is 12.7. The van der Waals surface area contributed by atoms with E-state index in [-0.39, 0.29) is 47.9 Å².